The number of nitrogens with zero attached hydrogens (tertiary/aromatic N) is 1. The van der Waals surface area contributed by atoms with Crippen LogP contribution in [0.25, 0.3) is 11.3 Å². The normalized spacial score (nSPS) is 12.5. The maximum absolute atomic E-state index is 10.5. The molecule has 0 unspecified atom stereocenters. The standard InChI is InChI=1S/C16H22BNO3S/c1-11-8-6-7-9-12(11)13-14(22-10-18-13)17(20)21-16(4,5)15(2,3)19/h6-10,19-20H,1-5H3. The topological polar surface area (TPSA) is 62.6 Å². The van der Waals surface area contributed by atoms with Gasteiger partial charge in [-0.1, -0.05) is 24.3 Å². The molecule has 4 nitrogen and oxygen atoms in total. The third kappa shape index (κ3) is 3.41. The first-order chi connectivity index (χ1) is 10.1. The van der Waals surface area contributed by atoms with Crippen molar-refractivity contribution >= 4 is 23.2 Å². The first-order valence-electron chi connectivity index (χ1n) is 7.21. The highest BCUT2D eigenvalue weighted by Gasteiger charge is 2.40. The number of aryl methyl sites for hydroxylation is 1. The van der Waals surface area contributed by atoms with Crippen molar-refractivity contribution in [3.05, 3.63) is 35.3 Å². The van der Waals surface area contributed by atoms with Gasteiger partial charge in [-0.15, -0.1) is 11.3 Å². The largest absolute Gasteiger partial charge is 0.504 e. The van der Waals surface area contributed by atoms with Crippen molar-refractivity contribution in [1.82, 2.24) is 4.98 Å². The van der Waals surface area contributed by atoms with Crippen molar-refractivity contribution in [2.75, 3.05) is 0 Å². The highest BCUT2D eigenvalue weighted by Crippen LogP contribution is 2.27. The summed E-state index contributed by atoms with van der Waals surface area (Å²) in [6, 6.07) is 7.89. The summed E-state index contributed by atoms with van der Waals surface area (Å²) in [7, 11) is -1.14. The summed E-state index contributed by atoms with van der Waals surface area (Å²) in [4.78, 5) is 4.38. The van der Waals surface area contributed by atoms with Crippen LogP contribution in [0.1, 0.15) is 33.3 Å². The molecule has 0 atom stereocenters. The number of hydrogen-bond donors (Lipinski definition) is 2. The van der Waals surface area contributed by atoms with Crippen LogP contribution in [0.15, 0.2) is 29.8 Å². The van der Waals surface area contributed by atoms with Gasteiger partial charge in [0.1, 0.15) is 0 Å². The molecule has 0 aliphatic rings. The average molecular weight is 319 g/mol. The molecule has 2 rings (SSSR count). The van der Waals surface area contributed by atoms with E-state index in [2.05, 4.69) is 4.98 Å². The third-order valence-electron chi connectivity index (χ3n) is 4.10. The Morgan fingerprint density at radius 1 is 1.18 bits per heavy atom. The van der Waals surface area contributed by atoms with Crippen LogP contribution < -0.4 is 4.78 Å². The highest BCUT2D eigenvalue weighted by atomic mass is 32.1. The lowest BCUT2D eigenvalue weighted by Crippen LogP contribution is -2.53. The van der Waals surface area contributed by atoms with Gasteiger partial charge in [0.2, 0.25) is 0 Å². The lowest BCUT2D eigenvalue weighted by molar-refractivity contribution is -0.0981. The van der Waals surface area contributed by atoms with Gasteiger partial charge >= 0.3 is 7.12 Å². The van der Waals surface area contributed by atoms with Crippen LogP contribution >= 0.6 is 11.3 Å². The summed E-state index contributed by atoms with van der Waals surface area (Å²) in [5.41, 5.74) is 2.50. The highest BCUT2D eigenvalue weighted by molar-refractivity contribution is 7.21. The molecule has 6 heteroatoms. The molecular weight excluding hydrogens is 297 g/mol. The van der Waals surface area contributed by atoms with Crippen molar-refractivity contribution in [2.45, 2.75) is 45.8 Å². The number of aromatic nitrogens is 1. The van der Waals surface area contributed by atoms with Crippen molar-refractivity contribution in [3.63, 3.8) is 0 Å². The second-order valence-electron chi connectivity index (χ2n) is 6.42. The van der Waals surface area contributed by atoms with Crippen LogP contribution in [0, 0.1) is 6.92 Å². The van der Waals surface area contributed by atoms with Crippen LogP contribution in [0.5, 0.6) is 0 Å². The van der Waals surface area contributed by atoms with Crippen molar-refractivity contribution in [1.29, 1.82) is 0 Å². The van der Waals surface area contributed by atoms with E-state index in [0.717, 1.165) is 16.8 Å². The van der Waals surface area contributed by atoms with E-state index in [0.29, 0.717) is 4.78 Å². The Balaban J connectivity index is 2.32. The molecule has 1 heterocycles. The minimum Gasteiger partial charge on any atom is -0.422 e. The number of hydrogen-bond acceptors (Lipinski definition) is 5. The zero-order chi connectivity index (χ0) is 16.5. The molecule has 0 radical (unpaired) electrons. The van der Waals surface area contributed by atoms with E-state index < -0.39 is 18.3 Å². The molecule has 2 N–H and O–H groups in total. The Labute approximate surface area is 135 Å². The minimum absolute atomic E-state index is 0.645. The van der Waals surface area contributed by atoms with E-state index in [-0.39, 0.29) is 0 Å². The molecule has 0 saturated heterocycles. The smallest absolute Gasteiger partial charge is 0.422 e. The molecule has 0 saturated carbocycles. The summed E-state index contributed by atoms with van der Waals surface area (Å²) in [6.45, 7) is 8.84. The number of benzene rings is 1. The van der Waals surface area contributed by atoms with E-state index in [4.69, 9.17) is 4.65 Å². The van der Waals surface area contributed by atoms with Gasteiger partial charge in [0, 0.05) is 5.56 Å². The molecule has 0 aliphatic carbocycles. The number of aliphatic hydroxyl groups is 1. The third-order valence-corrected chi connectivity index (χ3v) is 4.96. The fourth-order valence-corrected chi connectivity index (χ4v) is 2.66. The molecule has 1 aromatic heterocycles. The van der Waals surface area contributed by atoms with Gasteiger partial charge in [-0.2, -0.15) is 0 Å². The Hall–Kier alpha value is -1.21. The molecule has 0 fully saturated rings. The Morgan fingerprint density at radius 3 is 2.41 bits per heavy atom. The van der Waals surface area contributed by atoms with E-state index >= 15 is 0 Å². The van der Waals surface area contributed by atoms with Crippen molar-refractivity contribution in [3.8, 4) is 11.3 Å². The van der Waals surface area contributed by atoms with Crippen LogP contribution in [-0.2, 0) is 4.65 Å². The predicted molar refractivity (Wildman–Crippen MR) is 91.4 cm³/mol. The first kappa shape index (κ1) is 17.2. The predicted octanol–water partition coefficient (Wildman–Crippen LogP) is 2.37. The minimum atomic E-state index is -1.14. The van der Waals surface area contributed by atoms with Crippen LogP contribution in [0.2, 0.25) is 0 Å². The second-order valence-corrected chi connectivity index (χ2v) is 7.31. The van der Waals surface area contributed by atoms with Gasteiger partial charge in [-0.25, -0.2) is 4.98 Å². The second kappa shape index (κ2) is 6.12. The molecule has 0 spiro atoms. The maximum Gasteiger partial charge on any atom is 0.504 e. The van der Waals surface area contributed by atoms with Gasteiger partial charge in [0.25, 0.3) is 0 Å². The Bertz CT molecular complexity index is 649. The Morgan fingerprint density at radius 2 is 1.82 bits per heavy atom. The molecule has 0 amide bonds. The van der Waals surface area contributed by atoms with E-state index in [9.17, 15) is 10.1 Å². The monoisotopic (exact) mass is 319 g/mol. The molecule has 2 aromatic rings. The number of thiazole rings is 1. The molecule has 118 valence electrons. The van der Waals surface area contributed by atoms with Crippen molar-refractivity contribution in [2.24, 2.45) is 0 Å². The Kier molecular flexibility index (Phi) is 4.77. The maximum atomic E-state index is 10.5. The van der Waals surface area contributed by atoms with E-state index in [1.165, 1.54) is 11.3 Å². The van der Waals surface area contributed by atoms with Gasteiger partial charge in [0.15, 0.2) is 0 Å². The molecular formula is C16H22BNO3S. The fraction of sp³-hybridized carbons (Fsp3) is 0.438. The molecule has 0 aliphatic heterocycles. The molecule has 0 bridgehead atoms. The average Bonchev–Trinajstić information content (AvgIpc) is 2.86. The van der Waals surface area contributed by atoms with Gasteiger partial charge in [-0.05, 0) is 40.2 Å². The summed E-state index contributed by atoms with van der Waals surface area (Å²) in [6.07, 6.45) is 0. The summed E-state index contributed by atoms with van der Waals surface area (Å²) >= 11 is 1.34. The van der Waals surface area contributed by atoms with Crippen molar-refractivity contribution < 1.29 is 14.8 Å². The van der Waals surface area contributed by atoms with Crippen LogP contribution in [-0.4, -0.2) is 33.4 Å². The summed E-state index contributed by atoms with van der Waals surface area (Å²) in [5, 5.41) is 20.7. The summed E-state index contributed by atoms with van der Waals surface area (Å²) < 4.78 is 6.37. The van der Waals surface area contributed by atoms with Crippen LogP contribution in [0.4, 0.5) is 0 Å². The lowest BCUT2D eigenvalue weighted by atomic mass is 9.80. The molecule has 22 heavy (non-hydrogen) atoms. The van der Waals surface area contributed by atoms with Gasteiger partial charge in [0.05, 0.1) is 27.2 Å². The lowest BCUT2D eigenvalue weighted by Gasteiger charge is -2.38. The van der Waals surface area contributed by atoms with E-state index in [1.54, 1.807) is 33.2 Å². The SMILES string of the molecule is Cc1ccccc1-c1ncsc1B(O)OC(C)(C)C(C)(C)O. The summed E-state index contributed by atoms with van der Waals surface area (Å²) in [5.74, 6) is 0. The zero-order valence-corrected chi connectivity index (χ0v) is 14.4. The van der Waals surface area contributed by atoms with Gasteiger partial charge < -0.3 is 14.8 Å². The van der Waals surface area contributed by atoms with Gasteiger partial charge in [-0.3, -0.25) is 0 Å². The number of rotatable bonds is 5. The zero-order valence-electron chi connectivity index (χ0n) is 13.6. The van der Waals surface area contributed by atoms with Crippen LogP contribution in [0.3, 0.4) is 0 Å². The quantitative estimate of drug-likeness (QED) is 0.831. The van der Waals surface area contributed by atoms with E-state index in [1.807, 2.05) is 31.2 Å². The fourth-order valence-electron chi connectivity index (χ4n) is 1.95. The first-order valence-corrected chi connectivity index (χ1v) is 8.09. The molecule has 1 aromatic carbocycles.